The lowest BCUT2D eigenvalue weighted by atomic mass is 10.1. The summed E-state index contributed by atoms with van der Waals surface area (Å²) in [5.41, 5.74) is 1.94. The van der Waals surface area contributed by atoms with Gasteiger partial charge in [0.25, 0.3) is 0 Å². The highest BCUT2D eigenvalue weighted by Gasteiger charge is 2.18. The van der Waals surface area contributed by atoms with E-state index in [-0.39, 0.29) is 10.9 Å². The Bertz CT molecular complexity index is 696. The average molecular weight is 354 g/mol. The summed E-state index contributed by atoms with van der Waals surface area (Å²) in [6.45, 7) is 3.75. The Labute approximate surface area is 128 Å². The van der Waals surface area contributed by atoms with Gasteiger partial charge in [-0.3, -0.25) is 0 Å². The van der Waals surface area contributed by atoms with Crippen LogP contribution in [0.15, 0.2) is 57.9 Å². The number of hydrogen-bond acceptors (Lipinski definition) is 2. The summed E-state index contributed by atoms with van der Waals surface area (Å²) in [5, 5.41) is 0. The molecule has 2 aromatic rings. The lowest BCUT2D eigenvalue weighted by molar-refractivity contribution is 0.567. The van der Waals surface area contributed by atoms with E-state index in [0.29, 0.717) is 0 Å². The first kappa shape index (κ1) is 15.2. The van der Waals surface area contributed by atoms with Gasteiger partial charge in [0.05, 0.1) is 4.90 Å². The van der Waals surface area contributed by atoms with Crippen molar-refractivity contribution in [1.82, 2.24) is 4.72 Å². The van der Waals surface area contributed by atoms with E-state index in [9.17, 15) is 8.42 Å². The third-order valence-corrected chi connectivity index (χ3v) is 5.06. The molecule has 20 heavy (non-hydrogen) atoms. The molecule has 2 aromatic carbocycles. The van der Waals surface area contributed by atoms with E-state index in [4.69, 9.17) is 0 Å². The largest absolute Gasteiger partial charge is 0.241 e. The maximum atomic E-state index is 12.3. The molecule has 5 heteroatoms. The molecule has 1 N–H and O–H groups in total. The van der Waals surface area contributed by atoms with Crippen molar-refractivity contribution in [3.8, 4) is 0 Å². The molecule has 0 saturated carbocycles. The Morgan fingerprint density at radius 2 is 1.75 bits per heavy atom. The van der Waals surface area contributed by atoms with Crippen molar-refractivity contribution in [1.29, 1.82) is 0 Å². The van der Waals surface area contributed by atoms with Crippen LogP contribution in [0.25, 0.3) is 0 Å². The highest BCUT2D eigenvalue weighted by atomic mass is 79.9. The molecule has 106 valence electrons. The van der Waals surface area contributed by atoms with Gasteiger partial charge in [-0.2, -0.15) is 0 Å². The number of sulfonamides is 1. The summed E-state index contributed by atoms with van der Waals surface area (Å²) in [6, 6.07) is 14.1. The average Bonchev–Trinajstić information content (AvgIpc) is 2.38. The molecule has 0 aliphatic carbocycles. The van der Waals surface area contributed by atoms with Crippen LogP contribution in [-0.2, 0) is 10.0 Å². The van der Waals surface area contributed by atoms with Gasteiger partial charge in [-0.05, 0) is 43.7 Å². The zero-order valence-electron chi connectivity index (χ0n) is 11.3. The Morgan fingerprint density at radius 1 is 1.10 bits per heavy atom. The fourth-order valence-corrected chi connectivity index (χ4v) is 3.51. The minimum Gasteiger partial charge on any atom is -0.207 e. The van der Waals surface area contributed by atoms with E-state index in [0.717, 1.165) is 15.6 Å². The van der Waals surface area contributed by atoms with Crippen LogP contribution >= 0.6 is 15.9 Å². The number of hydrogen-bond donors (Lipinski definition) is 1. The number of rotatable bonds is 4. The molecule has 3 nitrogen and oxygen atoms in total. The van der Waals surface area contributed by atoms with Gasteiger partial charge in [0, 0.05) is 10.5 Å². The third kappa shape index (κ3) is 3.69. The van der Waals surface area contributed by atoms with Gasteiger partial charge < -0.3 is 0 Å². The SMILES string of the molecule is Cc1ccc(S(=O)(=O)NC(C)c2cccc(Br)c2)cc1. The van der Waals surface area contributed by atoms with E-state index in [1.54, 1.807) is 24.3 Å². The number of benzene rings is 2. The molecule has 0 fully saturated rings. The fraction of sp³-hybridized carbons (Fsp3) is 0.200. The normalized spacial score (nSPS) is 13.2. The summed E-state index contributed by atoms with van der Waals surface area (Å²) in [4.78, 5) is 0.282. The maximum absolute atomic E-state index is 12.3. The highest BCUT2D eigenvalue weighted by Crippen LogP contribution is 2.20. The van der Waals surface area contributed by atoms with Crippen molar-refractivity contribution >= 4 is 26.0 Å². The molecule has 2 rings (SSSR count). The van der Waals surface area contributed by atoms with Crippen molar-refractivity contribution in [2.75, 3.05) is 0 Å². The summed E-state index contributed by atoms with van der Waals surface area (Å²) >= 11 is 3.39. The number of halogens is 1. The first-order chi connectivity index (χ1) is 9.38. The quantitative estimate of drug-likeness (QED) is 0.908. The molecule has 0 amide bonds. The van der Waals surface area contributed by atoms with E-state index >= 15 is 0 Å². The second kappa shape index (κ2) is 6.08. The van der Waals surface area contributed by atoms with Crippen LogP contribution in [0.2, 0.25) is 0 Å². The molecule has 0 bridgehead atoms. The smallest absolute Gasteiger partial charge is 0.207 e. The lowest BCUT2D eigenvalue weighted by Crippen LogP contribution is -2.26. The van der Waals surface area contributed by atoms with Crippen LogP contribution in [0.3, 0.4) is 0 Å². The molecule has 1 atom stereocenters. The van der Waals surface area contributed by atoms with E-state index < -0.39 is 10.0 Å². The lowest BCUT2D eigenvalue weighted by Gasteiger charge is -2.15. The van der Waals surface area contributed by atoms with Crippen LogP contribution in [0.1, 0.15) is 24.1 Å². The number of aryl methyl sites for hydroxylation is 1. The van der Waals surface area contributed by atoms with Gasteiger partial charge in [0.1, 0.15) is 0 Å². The second-order valence-corrected chi connectivity index (χ2v) is 7.34. The van der Waals surface area contributed by atoms with Crippen molar-refractivity contribution in [2.45, 2.75) is 24.8 Å². The van der Waals surface area contributed by atoms with Crippen LogP contribution < -0.4 is 4.72 Å². The zero-order valence-corrected chi connectivity index (χ0v) is 13.7. The fourth-order valence-electron chi connectivity index (χ4n) is 1.86. The summed E-state index contributed by atoms with van der Waals surface area (Å²) < 4.78 is 28.2. The van der Waals surface area contributed by atoms with Crippen LogP contribution in [0.5, 0.6) is 0 Å². The maximum Gasteiger partial charge on any atom is 0.241 e. The highest BCUT2D eigenvalue weighted by molar-refractivity contribution is 9.10. The van der Waals surface area contributed by atoms with Crippen LogP contribution in [0.4, 0.5) is 0 Å². The molecule has 0 radical (unpaired) electrons. The van der Waals surface area contributed by atoms with E-state index in [2.05, 4.69) is 20.7 Å². The first-order valence-electron chi connectivity index (χ1n) is 6.23. The van der Waals surface area contributed by atoms with Crippen molar-refractivity contribution in [2.24, 2.45) is 0 Å². The Morgan fingerprint density at radius 3 is 2.35 bits per heavy atom. The molecule has 0 aliphatic heterocycles. The molecule has 1 unspecified atom stereocenters. The standard InChI is InChI=1S/C15H16BrNO2S/c1-11-6-8-15(9-7-11)20(18,19)17-12(2)13-4-3-5-14(16)10-13/h3-10,12,17H,1-2H3. The predicted molar refractivity (Wildman–Crippen MR) is 84.1 cm³/mol. The molecule has 0 aromatic heterocycles. The molecule has 0 aliphatic rings. The molecular formula is C15H16BrNO2S. The minimum absolute atomic E-state index is 0.282. The van der Waals surface area contributed by atoms with Crippen molar-refractivity contribution in [3.05, 3.63) is 64.1 Å². The van der Waals surface area contributed by atoms with Gasteiger partial charge in [0.15, 0.2) is 0 Å². The molecule has 0 heterocycles. The van der Waals surface area contributed by atoms with Gasteiger partial charge >= 0.3 is 0 Å². The van der Waals surface area contributed by atoms with Gasteiger partial charge in [-0.25, -0.2) is 13.1 Å². The molecular weight excluding hydrogens is 338 g/mol. The molecule has 0 spiro atoms. The van der Waals surface area contributed by atoms with Crippen molar-refractivity contribution in [3.63, 3.8) is 0 Å². The Balaban J connectivity index is 2.22. The Hall–Kier alpha value is -1.17. The predicted octanol–water partition coefficient (Wildman–Crippen LogP) is 3.80. The summed E-state index contributed by atoms with van der Waals surface area (Å²) in [7, 11) is -3.50. The van der Waals surface area contributed by atoms with E-state index in [1.165, 1.54) is 0 Å². The summed E-state index contributed by atoms with van der Waals surface area (Å²) in [6.07, 6.45) is 0. The monoisotopic (exact) mass is 353 g/mol. The first-order valence-corrected chi connectivity index (χ1v) is 8.50. The summed E-state index contributed by atoms with van der Waals surface area (Å²) in [5.74, 6) is 0. The van der Waals surface area contributed by atoms with Gasteiger partial charge in [0.2, 0.25) is 10.0 Å². The van der Waals surface area contributed by atoms with E-state index in [1.807, 2.05) is 38.1 Å². The zero-order chi connectivity index (χ0) is 14.8. The van der Waals surface area contributed by atoms with Gasteiger partial charge in [-0.1, -0.05) is 45.8 Å². The topological polar surface area (TPSA) is 46.2 Å². The Kier molecular flexibility index (Phi) is 4.62. The number of nitrogens with one attached hydrogen (secondary N) is 1. The second-order valence-electron chi connectivity index (χ2n) is 4.71. The van der Waals surface area contributed by atoms with Crippen LogP contribution in [0, 0.1) is 6.92 Å². The molecule has 0 saturated heterocycles. The third-order valence-electron chi connectivity index (χ3n) is 3.01. The van der Waals surface area contributed by atoms with Crippen LogP contribution in [-0.4, -0.2) is 8.42 Å². The van der Waals surface area contributed by atoms with Crippen molar-refractivity contribution < 1.29 is 8.42 Å². The van der Waals surface area contributed by atoms with Gasteiger partial charge in [-0.15, -0.1) is 0 Å². The minimum atomic E-state index is -3.50.